The van der Waals surface area contributed by atoms with Crippen LogP contribution in [0, 0.1) is 0 Å². The van der Waals surface area contributed by atoms with E-state index in [2.05, 4.69) is 41.3 Å². The molecule has 0 spiro atoms. The molecule has 0 bridgehead atoms. The summed E-state index contributed by atoms with van der Waals surface area (Å²) in [6.07, 6.45) is 0. The lowest BCUT2D eigenvalue weighted by Gasteiger charge is -2.27. The first-order valence-corrected chi connectivity index (χ1v) is 12.5. The summed E-state index contributed by atoms with van der Waals surface area (Å²) in [5, 5.41) is 2.27. The first-order chi connectivity index (χ1) is 17.0. The monoisotopic (exact) mass is 533 g/mol. The molecule has 0 radical (unpaired) electrons. The molecular formula is C30H19Cl4N. The number of anilines is 3. The van der Waals surface area contributed by atoms with Crippen molar-refractivity contribution in [2.24, 2.45) is 0 Å². The van der Waals surface area contributed by atoms with E-state index in [-0.39, 0.29) is 0 Å². The first kappa shape index (κ1) is 23.8. The molecule has 0 aliphatic rings. The molecule has 0 unspecified atom stereocenters. The van der Waals surface area contributed by atoms with Crippen LogP contribution in [-0.2, 0) is 0 Å². The van der Waals surface area contributed by atoms with Gasteiger partial charge in [-0.15, -0.1) is 0 Å². The van der Waals surface area contributed by atoms with Crippen LogP contribution in [0.25, 0.3) is 22.3 Å². The van der Waals surface area contributed by atoms with E-state index in [1.54, 1.807) is 0 Å². The highest BCUT2D eigenvalue weighted by Crippen LogP contribution is 2.44. The van der Waals surface area contributed by atoms with Gasteiger partial charge in [0.1, 0.15) is 0 Å². The molecule has 0 saturated heterocycles. The van der Waals surface area contributed by atoms with Gasteiger partial charge in [0.05, 0.1) is 0 Å². The van der Waals surface area contributed by atoms with E-state index in [1.807, 2.05) is 78.9 Å². The molecule has 172 valence electrons. The molecule has 0 saturated carbocycles. The third-order valence-electron chi connectivity index (χ3n) is 5.71. The Morgan fingerprint density at radius 3 is 1.11 bits per heavy atom. The van der Waals surface area contributed by atoms with Crippen LogP contribution in [0.2, 0.25) is 20.1 Å². The summed E-state index contributed by atoms with van der Waals surface area (Å²) < 4.78 is 0. The smallest absolute Gasteiger partial charge is 0.0499 e. The van der Waals surface area contributed by atoms with Crippen molar-refractivity contribution in [1.82, 2.24) is 0 Å². The number of halogens is 4. The van der Waals surface area contributed by atoms with E-state index in [9.17, 15) is 0 Å². The zero-order valence-electron chi connectivity index (χ0n) is 18.4. The molecule has 5 heteroatoms. The molecule has 35 heavy (non-hydrogen) atoms. The molecule has 0 aliphatic heterocycles. The second-order valence-corrected chi connectivity index (χ2v) is 9.60. The average Bonchev–Trinajstić information content (AvgIpc) is 2.85. The van der Waals surface area contributed by atoms with Crippen molar-refractivity contribution in [3.8, 4) is 22.3 Å². The van der Waals surface area contributed by atoms with E-state index in [0.29, 0.717) is 20.1 Å². The Labute approximate surface area is 225 Å². The van der Waals surface area contributed by atoms with Crippen LogP contribution >= 0.6 is 46.4 Å². The molecule has 5 aromatic carbocycles. The minimum atomic E-state index is 0.567. The maximum absolute atomic E-state index is 6.64. The van der Waals surface area contributed by atoms with Gasteiger partial charge in [-0.3, -0.25) is 0 Å². The molecule has 5 aromatic rings. The Bertz CT molecular complexity index is 1330. The summed E-state index contributed by atoms with van der Waals surface area (Å²) >= 11 is 26.6. The highest BCUT2D eigenvalue weighted by molar-refractivity contribution is 6.40. The van der Waals surface area contributed by atoms with E-state index in [0.717, 1.165) is 39.3 Å². The lowest BCUT2D eigenvalue weighted by atomic mass is 9.97. The van der Waals surface area contributed by atoms with Crippen molar-refractivity contribution < 1.29 is 0 Å². The third-order valence-corrected chi connectivity index (χ3v) is 6.97. The van der Waals surface area contributed by atoms with Crippen LogP contribution in [0.15, 0.2) is 115 Å². The summed E-state index contributed by atoms with van der Waals surface area (Å²) in [4.78, 5) is 2.18. The summed E-state index contributed by atoms with van der Waals surface area (Å²) in [7, 11) is 0. The minimum Gasteiger partial charge on any atom is -0.310 e. The highest BCUT2D eigenvalue weighted by Gasteiger charge is 2.19. The molecule has 0 fully saturated rings. The normalized spacial score (nSPS) is 10.9. The molecule has 0 atom stereocenters. The number of para-hydroxylation sites is 2. The molecule has 0 heterocycles. The predicted molar refractivity (Wildman–Crippen MR) is 152 cm³/mol. The van der Waals surface area contributed by atoms with Crippen molar-refractivity contribution in [2.45, 2.75) is 0 Å². The van der Waals surface area contributed by atoms with E-state index in [4.69, 9.17) is 46.4 Å². The van der Waals surface area contributed by atoms with Crippen molar-refractivity contribution in [1.29, 1.82) is 0 Å². The zero-order valence-corrected chi connectivity index (χ0v) is 21.5. The van der Waals surface area contributed by atoms with Gasteiger partial charge >= 0.3 is 0 Å². The predicted octanol–water partition coefficient (Wildman–Crippen LogP) is 11.1. The Morgan fingerprint density at radius 1 is 0.371 bits per heavy atom. The van der Waals surface area contributed by atoms with Crippen LogP contribution in [0.1, 0.15) is 0 Å². The molecule has 1 nitrogen and oxygen atoms in total. The maximum atomic E-state index is 6.64. The molecule has 0 N–H and O–H groups in total. The number of rotatable bonds is 5. The van der Waals surface area contributed by atoms with Crippen molar-refractivity contribution in [3.05, 3.63) is 135 Å². The molecule has 5 rings (SSSR count). The fraction of sp³-hybridized carbons (Fsp3) is 0. The van der Waals surface area contributed by atoms with E-state index >= 15 is 0 Å². The zero-order chi connectivity index (χ0) is 24.4. The minimum absolute atomic E-state index is 0.567. The van der Waals surface area contributed by atoms with Gasteiger partial charge in [0.15, 0.2) is 0 Å². The van der Waals surface area contributed by atoms with Crippen LogP contribution in [0.3, 0.4) is 0 Å². The van der Waals surface area contributed by atoms with Crippen LogP contribution in [-0.4, -0.2) is 0 Å². The van der Waals surface area contributed by atoms with Crippen molar-refractivity contribution in [3.63, 3.8) is 0 Å². The highest BCUT2D eigenvalue weighted by atomic mass is 35.5. The van der Waals surface area contributed by atoms with Gasteiger partial charge in [-0.2, -0.15) is 0 Å². The number of hydrogen-bond donors (Lipinski definition) is 0. The van der Waals surface area contributed by atoms with Gasteiger partial charge in [0.25, 0.3) is 0 Å². The second kappa shape index (κ2) is 10.4. The SMILES string of the molecule is Clc1cccc(Cl)c1-c1cc(-c2c(Cl)cccc2Cl)cc(N(c2ccccc2)c2ccccc2)c1. The summed E-state index contributed by atoms with van der Waals surface area (Å²) in [6.45, 7) is 0. The Hall–Kier alpha value is -2.94. The van der Waals surface area contributed by atoms with Crippen molar-refractivity contribution >= 4 is 63.5 Å². The number of nitrogens with zero attached hydrogens (tertiary/aromatic N) is 1. The summed E-state index contributed by atoms with van der Waals surface area (Å²) in [6, 6.07) is 37.6. The Balaban J connectivity index is 1.83. The maximum Gasteiger partial charge on any atom is 0.0499 e. The molecule has 0 amide bonds. The molecule has 0 aromatic heterocycles. The van der Waals surface area contributed by atoms with Gasteiger partial charge in [0, 0.05) is 48.3 Å². The summed E-state index contributed by atoms with van der Waals surface area (Å²) in [5.74, 6) is 0. The van der Waals surface area contributed by atoms with Gasteiger partial charge in [-0.05, 0) is 77.9 Å². The summed E-state index contributed by atoms with van der Waals surface area (Å²) in [5.41, 5.74) is 6.17. The van der Waals surface area contributed by atoms with Crippen LogP contribution < -0.4 is 4.90 Å². The lowest BCUT2D eigenvalue weighted by Crippen LogP contribution is -2.10. The third kappa shape index (κ3) is 4.91. The van der Waals surface area contributed by atoms with Gasteiger partial charge in [-0.1, -0.05) is 94.9 Å². The Morgan fingerprint density at radius 2 is 0.743 bits per heavy atom. The fourth-order valence-corrected chi connectivity index (χ4v) is 5.41. The standard InChI is InChI=1S/C30H19Cl4N/c31-25-13-7-14-26(32)29(25)20-17-21(30-27(33)15-8-16-28(30)34)19-24(18-20)35(22-9-3-1-4-10-22)23-11-5-2-6-12-23/h1-19H. The molecule has 0 aliphatic carbocycles. The fourth-order valence-electron chi connectivity index (χ4n) is 4.18. The number of benzene rings is 5. The lowest BCUT2D eigenvalue weighted by molar-refractivity contribution is 1.28. The number of hydrogen-bond acceptors (Lipinski definition) is 1. The van der Waals surface area contributed by atoms with Crippen LogP contribution in [0.4, 0.5) is 17.1 Å². The van der Waals surface area contributed by atoms with Gasteiger partial charge < -0.3 is 4.90 Å². The second-order valence-electron chi connectivity index (χ2n) is 7.97. The molecular weight excluding hydrogens is 516 g/mol. The van der Waals surface area contributed by atoms with Gasteiger partial charge in [0.2, 0.25) is 0 Å². The van der Waals surface area contributed by atoms with Crippen LogP contribution in [0.5, 0.6) is 0 Å². The van der Waals surface area contributed by atoms with Gasteiger partial charge in [-0.25, -0.2) is 0 Å². The Kier molecular flexibility index (Phi) is 7.04. The first-order valence-electron chi connectivity index (χ1n) is 11.0. The largest absolute Gasteiger partial charge is 0.310 e. The quantitative estimate of drug-likeness (QED) is 0.216. The average molecular weight is 535 g/mol. The van der Waals surface area contributed by atoms with E-state index < -0.39 is 0 Å². The van der Waals surface area contributed by atoms with E-state index in [1.165, 1.54) is 0 Å². The topological polar surface area (TPSA) is 3.24 Å². The van der Waals surface area contributed by atoms with Crippen molar-refractivity contribution in [2.75, 3.05) is 4.90 Å².